The lowest BCUT2D eigenvalue weighted by atomic mass is 9.97. The Morgan fingerprint density at radius 1 is 1.05 bits per heavy atom. The molecule has 1 unspecified atom stereocenters. The number of nitrogens with two attached hydrogens (primary N) is 1. The van der Waals surface area contributed by atoms with Gasteiger partial charge in [-0.25, -0.2) is 0 Å². The van der Waals surface area contributed by atoms with E-state index in [2.05, 4.69) is 67.0 Å². The van der Waals surface area contributed by atoms with Crippen LogP contribution in [0.5, 0.6) is 0 Å². The number of hydrogen-bond donors (Lipinski definition) is 1. The number of aryl methyl sites for hydroxylation is 3. The van der Waals surface area contributed by atoms with Crippen LogP contribution in [0.15, 0.2) is 45.8 Å². The average molecular weight is 350 g/mol. The lowest BCUT2D eigenvalue weighted by Crippen LogP contribution is -2.15. The molecular formula is C17H20BrNS. The minimum absolute atomic E-state index is 0.0615. The molecule has 2 aromatic rings. The van der Waals surface area contributed by atoms with Crippen molar-refractivity contribution < 1.29 is 0 Å². The fourth-order valence-corrected chi connectivity index (χ4v) is 3.76. The average Bonchev–Trinajstić information content (AvgIpc) is 2.41. The molecule has 0 bridgehead atoms. The third-order valence-electron chi connectivity index (χ3n) is 3.54. The highest BCUT2D eigenvalue weighted by Gasteiger charge is 2.12. The Hall–Kier alpha value is -0.770. The minimum Gasteiger partial charge on any atom is -0.323 e. The number of benzene rings is 2. The standard InChI is InChI=1S/C17H20BrNS/c1-11-8-13(3)14(9-12(11)2)16(19)10-20-17-7-5-4-6-15(17)18/h4-9,16H,10,19H2,1-3H3. The molecule has 0 fully saturated rings. The van der Waals surface area contributed by atoms with Crippen molar-refractivity contribution in [2.45, 2.75) is 31.7 Å². The first-order valence-corrected chi connectivity index (χ1v) is 8.47. The van der Waals surface area contributed by atoms with E-state index in [1.807, 2.05) is 6.07 Å². The summed E-state index contributed by atoms with van der Waals surface area (Å²) in [5.41, 5.74) is 11.6. The largest absolute Gasteiger partial charge is 0.323 e. The zero-order valence-corrected chi connectivity index (χ0v) is 14.5. The molecule has 1 nitrogen and oxygen atoms in total. The first kappa shape index (κ1) is 15.6. The Balaban J connectivity index is 2.11. The summed E-state index contributed by atoms with van der Waals surface area (Å²) in [6.45, 7) is 6.43. The van der Waals surface area contributed by atoms with E-state index in [4.69, 9.17) is 5.73 Å². The van der Waals surface area contributed by atoms with Crippen LogP contribution in [0.25, 0.3) is 0 Å². The van der Waals surface area contributed by atoms with E-state index in [0.29, 0.717) is 0 Å². The molecule has 2 N–H and O–H groups in total. The zero-order chi connectivity index (χ0) is 14.7. The molecule has 0 amide bonds. The van der Waals surface area contributed by atoms with Gasteiger partial charge in [-0.3, -0.25) is 0 Å². The Labute approximate surface area is 134 Å². The predicted molar refractivity (Wildman–Crippen MR) is 92.4 cm³/mol. The van der Waals surface area contributed by atoms with Gasteiger partial charge in [-0.1, -0.05) is 24.3 Å². The molecule has 0 spiro atoms. The van der Waals surface area contributed by atoms with E-state index >= 15 is 0 Å². The van der Waals surface area contributed by atoms with Crippen molar-refractivity contribution in [3.05, 3.63) is 63.1 Å². The molecule has 0 aliphatic heterocycles. The third-order valence-corrected chi connectivity index (χ3v) is 5.68. The maximum Gasteiger partial charge on any atom is 0.0393 e. The van der Waals surface area contributed by atoms with E-state index in [9.17, 15) is 0 Å². The lowest BCUT2D eigenvalue weighted by Gasteiger charge is -2.17. The molecule has 0 aromatic heterocycles. The molecule has 3 heteroatoms. The Bertz CT molecular complexity index is 610. The van der Waals surface area contributed by atoms with Crippen LogP contribution in [-0.4, -0.2) is 5.75 Å². The van der Waals surface area contributed by atoms with Gasteiger partial charge in [-0.2, -0.15) is 0 Å². The van der Waals surface area contributed by atoms with Crippen LogP contribution >= 0.6 is 27.7 Å². The van der Waals surface area contributed by atoms with Crippen molar-refractivity contribution in [3.8, 4) is 0 Å². The highest BCUT2D eigenvalue weighted by atomic mass is 79.9. The van der Waals surface area contributed by atoms with Gasteiger partial charge in [-0.05, 0) is 71.1 Å². The van der Waals surface area contributed by atoms with Gasteiger partial charge in [0, 0.05) is 21.2 Å². The second-order valence-electron chi connectivity index (χ2n) is 5.14. The molecule has 1 atom stereocenters. The van der Waals surface area contributed by atoms with E-state index in [1.54, 1.807) is 11.8 Å². The molecule has 0 radical (unpaired) electrons. The van der Waals surface area contributed by atoms with Crippen molar-refractivity contribution in [1.82, 2.24) is 0 Å². The zero-order valence-electron chi connectivity index (χ0n) is 12.1. The molecule has 0 saturated carbocycles. The molecule has 106 valence electrons. The predicted octanol–water partition coefficient (Wildman–Crippen LogP) is 5.17. The van der Waals surface area contributed by atoms with E-state index < -0.39 is 0 Å². The minimum atomic E-state index is 0.0615. The maximum absolute atomic E-state index is 6.38. The lowest BCUT2D eigenvalue weighted by molar-refractivity contribution is 0.820. The van der Waals surface area contributed by atoms with Crippen molar-refractivity contribution in [3.63, 3.8) is 0 Å². The van der Waals surface area contributed by atoms with Gasteiger partial charge in [0.15, 0.2) is 0 Å². The second kappa shape index (κ2) is 6.79. The monoisotopic (exact) mass is 349 g/mol. The molecule has 0 heterocycles. The van der Waals surface area contributed by atoms with Gasteiger partial charge < -0.3 is 5.73 Å². The summed E-state index contributed by atoms with van der Waals surface area (Å²) in [5.74, 6) is 0.881. The van der Waals surface area contributed by atoms with Crippen LogP contribution in [0.3, 0.4) is 0 Å². The fourth-order valence-electron chi connectivity index (χ4n) is 2.21. The SMILES string of the molecule is Cc1cc(C)c(C(N)CSc2ccccc2Br)cc1C. The highest BCUT2D eigenvalue weighted by Crippen LogP contribution is 2.31. The summed E-state index contributed by atoms with van der Waals surface area (Å²) in [6, 6.07) is 12.8. The summed E-state index contributed by atoms with van der Waals surface area (Å²) in [5, 5.41) is 0. The first-order valence-electron chi connectivity index (χ1n) is 6.69. The second-order valence-corrected chi connectivity index (χ2v) is 7.06. The highest BCUT2D eigenvalue weighted by molar-refractivity contribution is 9.10. The van der Waals surface area contributed by atoms with E-state index in [1.165, 1.54) is 27.1 Å². The number of thioether (sulfide) groups is 1. The van der Waals surface area contributed by atoms with Crippen molar-refractivity contribution in [2.75, 3.05) is 5.75 Å². The normalized spacial score (nSPS) is 12.4. The molecule has 2 rings (SSSR count). The smallest absolute Gasteiger partial charge is 0.0393 e. The molecule has 0 aliphatic carbocycles. The summed E-state index contributed by atoms with van der Waals surface area (Å²) >= 11 is 5.37. The number of hydrogen-bond acceptors (Lipinski definition) is 2. The van der Waals surface area contributed by atoms with E-state index in [0.717, 1.165) is 10.2 Å². The van der Waals surface area contributed by atoms with Crippen LogP contribution in [0.4, 0.5) is 0 Å². The Morgan fingerprint density at radius 2 is 1.70 bits per heavy atom. The molecule has 2 aromatic carbocycles. The summed E-state index contributed by atoms with van der Waals surface area (Å²) < 4.78 is 1.13. The van der Waals surface area contributed by atoms with Gasteiger partial charge in [0.25, 0.3) is 0 Å². The van der Waals surface area contributed by atoms with Crippen LogP contribution in [0.1, 0.15) is 28.3 Å². The van der Waals surface area contributed by atoms with Crippen molar-refractivity contribution >= 4 is 27.7 Å². The van der Waals surface area contributed by atoms with Crippen molar-refractivity contribution in [1.29, 1.82) is 0 Å². The summed E-state index contributed by atoms with van der Waals surface area (Å²) in [4.78, 5) is 1.24. The Morgan fingerprint density at radius 3 is 2.40 bits per heavy atom. The van der Waals surface area contributed by atoms with Gasteiger partial charge >= 0.3 is 0 Å². The Kier molecular flexibility index (Phi) is 5.30. The molecular weight excluding hydrogens is 330 g/mol. The van der Waals surface area contributed by atoms with Crippen LogP contribution in [-0.2, 0) is 0 Å². The van der Waals surface area contributed by atoms with Gasteiger partial charge in [0.2, 0.25) is 0 Å². The molecule has 20 heavy (non-hydrogen) atoms. The summed E-state index contributed by atoms with van der Waals surface area (Å²) in [6.07, 6.45) is 0. The first-order chi connectivity index (χ1) is 9.49. The fraction of sp³-hybridized carbons (Fsp3) is 0.294. The van der Waals surface area contributed by atoms with Gasteiger partial charge in [0.05, 0.1) is 0 Å². The number of halogens is 1. The quantitative estimate of drug-likeness (QED) is 0.770. The van der Waals surface area contributed by atoms with Crippen LogP contribution in [0.2, 0.25) is 0 Å². The molecule has 0 aliphatic rings. The van der Waals surface area contributed by atoms with Gasteiger partial charge in [-0.15, -0.1) is 11.8 Å². The van der Waals surface area contributed by atoms with E-state index in [-0.39, 0.29) is 6.04 Å². The molecule has 0 saturated heterocycles. The third kappa shape index (κ3) is 3.66. The van der Waals surface area contributed by atoms with Gasteiger partial charge in [0.1, 0.15) is 0 Å². The van der Waals surface area contributed by atoms with Crippen LogP contribution < -0.4 is 5.73 Å². The summed E-state index contributed by atoms with van der Waals surface area (Å²) in [7, 11) is 0. The van der Waals surface area contributed by atoms with Crippen molar-refractivity contribution in [2.24, 2.45) is 5.73 Å². The maximum atomic E-state index is 6.38. The number of rotatable bonds is 4. The topological polar surface area (TPSA) is 26.0 Å². The van der Waals surface area contributed by atoms with Crippen LogP contribution in [0, 0.1) is 20.8 Å².